The molecule has 2 amide bonds. The van der Waals surface area contributed by atoms with Gasteiger partial charge >= 0.3 is 0 Å². The van der Waals surface area contributed by atoms with Crippen molar-refractivity contribution in [1.29, 1.82) is 0 Å². The summed E-state index contributed by atoms with van der Waals surface area (Å²) in [6, 6.07) is 14.0. The lowest BCUT2D eigenvalue weighted by Gasteiger charge is -2.35. The number of methoxy groups -OCH3 is 1. The molecule has 130 valence electrons. The van der Waals surface area contributed by atoms with Crippen molar-refractivity contribution in [3.63, 3.8) is 0 Å². The molecule has 0 unspecified atom stereocenters. The number of nitrogens with two attached hydrogens (primary N) is 1. The lowest BCUT2D eigenvalue weighted by atomic mass is 10.1. The molecule has 6 nitrogen and oxygen atoms in total. The van der Waals surface area contributed by atoms with E-state index in [0.29, 0.717) is 43.0 Å². The fourth-order valence-electron chi connectivity index (χ4n) is 2.84. The van der Waals surface area contributed by atoms with Crippen molar-refractivity contribution < 1.29 is 14.3 Å². The summed E-state index contributed by atoms with van der Waals surface area (Å²) in [7, 11) is 1.59. The van der Waals surface area contributed by atoms with E-state index in [9.17, 15) is 9.59 Å². The number of piperazine rings is 1. The summed E-state index contributed by atoms with van der Waals surface area (Å²) in [5, 5.41) is 0. The van der Waals surface area contributed by atoms with Crippen LogP contribution >= 0.6 is 0 Å². The smallest absolute Gasteiger partial charge is 0.253 e. The molecule has 6 heteroatoms. The summed E-state index contributed by atoms with van der Waals surface area (Å²) in [5.41, 5.74) is 7.52. The van der Waals surface area contributed by atoms with Crippen molar-refractivity contribution in [2.24, 2.45) is 0 Å². The lowest BCUT2D eigenvalue weighted by molar-refractivity contribution is 0.0535. The van der Waals surface area contributed by atoms with Crippen LogP contribution in [0.5, 0.6) is 5.75 Å². The zero-order valence-corrected chi connectivity index (χ0v) is 14.1. The molecule has 1 heterocycles. The normalized spacial score (nSPS) is 14.3. The quantitative estimate of drug-likeness (QED) is 0.866. The lowest BCUT2D eigenvalue weighted by Crippen LogP contribution is -2.50. The molecular weight excluding hydrogens is 318 g/mol. The van der Waals surface area contributed by atoms with Gasteiger partial charge in [0.2, 0.25) is 0 Å². The second-order valence-corrected chi connectivity index (χ2v) is 5.93. The molecule has 3 rings (SSSR count). The molecule has 1 aliphatic heterocycles. The van der Waals surface area contributed by atoms with Gasteiger partial charge in [-0.3, -0.25) is 9.59 Å². The van der Waals surface area contributed by atoms with Gasteiger partial charge in [-0.15, -0.1) is 0 Å². The molecule has 0 aromatic heterocycles. The van der Waals surface area contributed by atoms with E-state index in [0.717, 1.165) is 5.75 Å². The Bertz CT molecular complexity index is 748. The third kappa shape index (κ3) is 3.74. The van der Waals surface area contributed by atoms with Gasteiger partial charge in [0.15, 0.2) is 0 Å². The van der Waals surface area contributed by atoms with Crippen LogP contribution in [0, 0.1) is 0 Å². The molecule has 0 radical (unpaired) electrons. The molecule has 2 N–H and O–H groups in total. The minimum Gasteiger partial charge on any atom is -0.497 e. The molecule has 0 saturated carbocycles. The van der Waals surface area contributed by atoms with Gasteiger partial charge in [0.1, 0.15) is 5.75 Å². The van der Waals surface area contributed by atoms with Crippen LogP contribution < -0.4 is 10.5 Å². The Balaban J connectivity index is 1.60. The highest BCUT2D eigenvalue weighted by Gasteiger charge is 2.25. The number of rotatable bonds is 3. The van der Waals surface area contributed by atoms with Crippen molar-refractivity contribution in [2.75, 3.05) is 39.0 Å². The van der Waals surface area contributed by atoms with Gasteiger partial charge in [-0.05, 0) is 48.5 Å². The average molecular weight is 339 g/mol. The number of hydrogen-bond acceptors (Lipinski definition) is 4. The fourth-order valence-corrected chi connectivity index (χ4v) is 2.84. The Morgan fingerprint density at radius 3 is 1.60 bits per heavy atom. The summed E-state index contributed by atoms with van der Waals surface area (Å²) in [6.45, 7) is 2.08. The maximum Gasteiger partial charge on any atom is 0.253 e. The van der Waals surface area contributed by atoms with Gasteiger partial charge in [0, 0.05) is 43.0 Å². The molecule has 2 aromatic rings. The van der Waals surface area contributed by atoms with Crippen LogP contribution in [-0.4, -0.2) is 54.9 Å². The topological polar surface area (TPSA) is 75.9 Å². The van der Waals surface area contributed by atoms with Crippen LogP contribution in [0.25, 0.3) is 0 Å². The van der Waals surface area contributed by atoms with Crippen LogP contribution in [0.15, 0.2) is 48.5 Å². The van der Waals surface area contributed by atoms with Crippen LogP contribution in [0.1, 0.15) is 20.7 Å². The van der Waals surface area contributed by atoms with E-state index in [1.807, 2.05) is 0 Å². The molecule has 0 aliphatic carbocycles. The van der Waals surface area contributed by atoms with E-state index in [2.05, 4.69) is 0 Å². The van der Waals surface area contributed by atoms with E-state index < -0.39 is 0 Å². The zero-order valence-electron chi connectivity index (χ0n) is 14.1. The molecule has 0 spiro atoms. The van der Waals surface area contributed by atoms with E-state index in [1.165, 1.54) is 0 Å². The van der Waals surface area contributed by atoms with Crippen molar-refractivity contribution in [1.82, 2.24) is 9.80 Å². The monoisotopic (exact) mass is 339 g/mol. The molecule has 0 bridgehead atoms. The third-order valence-electron chi connectivity index (χ3n) is 4.35. The van der Waals surface area contributed by atoms with Gasteiger partial charge in [-0.1, -0.05) is 0 Å². The number of amides is 2. The summed E-state index contributed by atoms with van der Waals surface area (Å²) >= 11 is 0. The second kappa shape index (κ2) is 7.25. The molecule has 1 fully saturated rings. The first-order chi connectivity index (χ1) is 12.1. The van der Waals surface area contributed by atoms with E-state index in [-0.39, 0.29) is 11.8 Å². The van der Waals surface area contributed by atoms with E-state index >= 15 is 0 Å². The number of carbonyl (C=O) groups excluding carboxylic acids is 2. The number of hydrogen-bond donors (Lipinski definition) is 1. The highest BCUT2D eigenvalue weighted by Crippen LogP contribution is 2.15. The largest absolute Gasteiger partial charge is 0.497 e. The van der Waals surface area contributed by atoms with Gasteiger partial charge < -0.3 is 20.3 Å². The first-order valence-electron chi connectivity index (χ1n) is 8.16. The Labute approximate surface area is 146 Å². The SMILES string of the molecule is COc1ccc(C(=O)N2CCN(C(=O)c3ccc(N)cc3)CC2)cc1. The van der Waals surface area contributed by atoms with Gasteiger partial charge in [-0.25, -0.2) is 0 Å². The zero-order chi connectivity index (χ0) is 17.8. The first-order valence-corrected chi connectivity index (χ1v) is 8.16. The predicted molar refractivity (Wildman–Crippen MR) is 95.7 cm³/mol. The Morgan fingerprint density at radius 1 is 0.800 bits per heavy atom. The minimum atomic E-state index is -0.0310. The fraction of sp³-hybridized carbons (Fsp3) is 0.263. The number of benzene rings is 2. The first kappa shape index (κ1) is 16.8. The minimum absolute atomic E-state index is 0.0257. The maximum absolute atomic E-state index is 12.6. The van der Waals surface area contributed by atoms with Crippen molar-refractivity contribution in [3.05, 3.63) is 59.7 Å². The number of nitrogen functional groups attached to an aromatic ring is 1. The molecular formula is C19H21N3O3. The number of ether oxygens (including phenoxy) is 1. The predicted octanol–water partition coefficient (Wildman–Crippen LogP) is 1.88. The van der Waals surface area contributed by atoms with E-state index in [4.69, 9.17) is 10.5 Å². The molecule has 2 aromatic carbocycles. The highest BCUT2D eigenvalue weighted by atomic mass is 16.5. The number of anilines is 1. The summed E-state index contributed by atoms with van der Waals surface area (Å²) in [6.07, 6.45) is 0. The van der Waals surface area contributed by atoms with Gasteiger partial charge in [0.05, 0.1) is 7.11 Å². The van der Waals surface area contributed by atoms with Crippen molar-refractivity contribution in [2.45, 2.75) is 0 Å². The van der Waals surface area contributed by atoms with Gasteiger partial charge in [-0.2, -0.15) is 0 Å². The average Bonchev–Trinajstić information content (AvgIpc) is 2.67. The van der Waals surface area contributed by atoms with Crippen molar-refractivity contribution in [3.8, 4) is 5.75 Å². The summed E-state index contributed by atoms with van der Waals surface area (Å²) in [5.74, 6) is 0.661. The number of carbonyl (C=O) groups is 2. The molecule has 1 saturated heterocycles. The van der Waals surface area contributed by atoms with Crippen molar-refractivity contribution >= 4 is 17.5 Å². The Kier molecular flexibility index (Phi) is 4.88. The maximum atomic E-state index is 12.6. The number of nitrogens with zero attached hydrogens (tertiary/aromatic N) is 2. The third-order valence-corrected chi connectivity index (χ3v) is 4.35. The standard InChI is InChI=1S/C19H21N3O3/c1-25-17-8-4-15(5-9-17)19(24)22-12-10-21(11-13-22)18(23)14-2-6-16(20)7-3-14/h2-9H,10-13,20H2,1H3. The van der Waals surface area contributed by atoms with Crippen LogP contribution in [0.3, 0.4) is 0 Å². The molecule has 0 atom stereocenters. The molecule has 25 heavy (non-hydrogen) atoms. The Morgan fingerprint density at radius 2 is 1.20 bits per heavy atom. The molecule has 1 aliphatic rings. The van der Waals surface area contributed by atoms with E-state index in [1.54, 1.807) is 65.4 Å². The van der Waals surface area contributed by atoms with Gasteiger partial charge in [0.25, 0.3) is 11.8 Å². The van der Waals surface area contributed by atoms with Crippen LogP contribution in [0.2, 0.25) is 0 Å². The highest BCUT2D eigenvalue weighted by molar-refractivity contribution is 5.96. The second-order valence-electron chi connectivity index (χ2n) is 5.93. The van der Waals surface area contributed by atoms with Crippen LogP contribution in [0.4, 0.5) is 5.69 Å². The van der Waals surface area contributed by atoms with Crippen LogP contribution in [-0.2, 0) is 0 Å². The Hall–Kier alpha value is -3.02. The summed E-state index contributed by atoms with van der Waals surface area (Å²) in [4.78, 5) is 28.6. The summed E-state index contributed by atoms with van der Waals surface area (Å²) < 4.78 is 5.11.